The predicted octanol–water partition coefficient (Wildman–Crippen LogP) is 2.99. The zero-order chi connectivity index (χ0) is 14.2. The largest absolute Gasteiger partial charge is 0.476 e. The van der Waals surface area contributed by atoms with Crippen LogP contribution in [0.3, 0.4) is 0 Å². The average molecular weight is 262 g/mol. The van der Waals surface area contributed by atoms with Crippen molar-refractivity contribution in [3.63, 3.8) is 0 Å². The fourth-order valence-corrected chi connectivity index (χ4v) is 2.05. The molecule has 19 heavy (non-hydrogen) atoms. The summed E-state index contributed by atoms with van der Waals surface area (Å²) >= 11 is 0. The van der Waals surface area contributed by atoms with Gasteiger partial charge in [-0.15, -0.1) is 0 Å². The molecule has 1 aromatic heterocycles. The minimum absolute atomic E-state index is 0.0519. The van der Waals surface area contributed by atoms with Gasteiger partial charge in [0.05, 0.1) is 5.69 Å². The van der Waals surface area contributed by atoms with E-state index < -0.39 is 11.6 Å². The number of carbonyl (C=O) groups is 1. The predicted molar refractivity (Wildman–Crippen MR) is 69.7 cm³/mol. The Balaban J connectivity index is 2.63. The molecule has 0 aliphatic rings. The van der Waals surface area contributed by atoms with Crippen LogP contribution in [0.2, 0.25) is 0 Å². The van der Waals surface area contributed by atoms with Gasteiger partial charge in [0.1, 0.15) is 5.67 Å². The highest BCUT2D eigenvalue weighted by molar-refractivity contribution is 5.87. The zero-order valence-electron chi connectivity index (χ0n) is 11.0. The van der Waals surface area contributed by atoms with Crippen LogP contribution < -0.4 is 0 Å². The first kappa shape index (κ1) is 13.3. The number of halogens is 1. The van der Waals surface area contributed by atoms with E-state index in [1.807, 2.05) is 0 Å². The van der Waals surface area contributed by atoms with E-state index in [2.05, 4.69) is 5.10 Å². The maximum absolute atomic E-state index is 14.2. The van der Waals surface area contributed by atoms with Gasteiger partial charge in [-0.1, -0.05) is 24.3 Å². The number of benzene rings is 1. The zero-order valence-corrected chi connectivity index (χ0v) is 11.0. The van der Waals surface area contributed by atoms with E-state index >= 15 is 0 Å². The molecule has 0 aliphatic heterocycles. The van der Waals surface area contributed by atoms with Gasteiger partial charge >= 0.3 is 5.97 Å². The number of carboxylic acids is 1. The van der Waals surface area contributed by atoms with Crippen LogP contribution in [0.4, 0.5) is 4.39 Å². The second-order valence-corrected chi connectivity index (χ2v) is 4.86. The normalized spacial score (nSPS) is 11.6. The number of alkyl halides is 1. The summed E-state index contributed by atoms with van der Waals surface area (Å²) < 4.78 is 15.7. The SMILES string of the molecule is Cn1nc(C(=O)O)cc1-c1ccccc1C(C)(C)F. The van der Waals surface area contributed by atoms with Crippen LogP contribution in [-0.2, 0) is 12.7 Å². The minimum atomic E-state index is -1.51. The summed E-state index contributed by atoms with van der Waals surface area (Å²) in [5, 5.41) is 12.9. The molecule has 5 heteroatoms. The summed E-state index contributed by atoms with van der Waals surface area (Å²) in [6.45, 7) is 2.95. The van der Waals surface area contributed by atoms with Gasteiger partial charge in [-0.3, -0.25) is 4.68 Å². The number of aromatic nitrogens is 2. The Bertz CT molecular complexity index is 627. The van der Waals surface area contributed by atoms with Gasteiger partial charge in [0.15, 0.2) is 5.69 Å². The first-order valence-corrected chi connectivity index (χ1v) is 5.87. The van der Waals surface area contributed by atoms with Crippen molar-refractivity contribution in [3.8, 4) is 11.3 Å². The quantitative estimate of drug-likeness (QED) is 0.925. The molecule has 1 N–H and O–H groups in total. The smallest absolute Gasteiger partial charge is 0.356 e. The second-order valence-electron chi connectivity index (χ2n) is 4.86. The highest BCUT2D eigenvalue weighted by Crippen LogP contribution is 2.34. The maximum Gasteiger partial charge on any atom is 0.356 e. The molecular formula is C14H15FN2O2. The van der Waals surface area contributed by atoms with Gasteiger partial charge in [-0.25, -0.2) is 9.18 Å². The van der Waals surface area contributed by atoms with E-state index in [1.165, 1.54) is 24.6 Å². The number of aromatic carboxylic acids is 1. The van der Waals surface area contributed by atoms with Crippen molar-refractivity contribution >= 4 is 5.97 Å². The summed E-state index contributed by atoms with van der Waals surface area (Å²) in [5.41, 5.74) is 0.180. The first-order chi connectivity index (χ1) is 8.80. The van der Waals surface area contributed by atoms with Crippen LogP contribution in [-0.4, -0.2) is 20.9 Å². The molecule has 2 rings (SSSR count). The van der Waals surface area contributed by atoms with Gasteiger partial charge in [0.2, 0.25) is 0 Å². The number of rotatable bonds is 3. The first-order valence-electron chi connectivity index (χ1n) is 5.87. The van der Waals surface area contributed by atoms with Crippen molar-refractivity contribution in [2.24, 2.45) is 7.05 Å². The summed E-state index contributed by atoms with van der Waals surface area (Å²) in [6, 6.07) is 8.46. The lowest BCUT2D eigenvalue weighted by molar-refractivity contribution is 0.0689. The van der Waals surface area contributed by atoms with E-state index in [0.29, 0.717) is 16.8 Å². The van der Waals surface area contributed by atoms with Gasteiger partial charge in [-0.05, 0) is 25.5 Å². The molecule has 2 aromatic rings. The van der Waals surface area contributed by atoms with Crippen molar-refractivity contribution < 1.29 is 14.3 Å². The van der Waals surface area contributed by atoms with Crippen molar-refractivity contribution in [2.45, 2.75) is 19.5 Å². The van der Waals surface area contributed by atoms with Gasteiger partial charge in [-0.2, -0.15) is 5.10 Å². The van der Waals surface area contributed by atoms with E-state index in [4.69, 9.17) is 5.11 Å². The van der Waals surface area contributed by atoms with Crippen LogP contribution in [0.1, 0.15) is 29.9 Å². The molecule has 1 heterocycles. The van der Waals surface area contributed by atoms with Crippen LogP contribution in [0.15, 0.2) is 30.3 Å². The third kappa shape index (κ3) is 2.50. The van der Waals surface area contributed by atoms with Gasteiger partial charge in [0.25, 0.3) is 0 Å². The standard InChI is InChI=1S/C14H15FN2O2/c1-14(2,15)10-7-5-4-6-9(10)12-8-11(13(18)19)16-17(12)3/h4-8H,1-3H3,(H,18,19). The molecule has 4 nitrogen and oxygen atoms in total. The molecule has 0 spiro atoms. The Morgan fingerprint density at radius 1 is 1.37 bits per heavy atom. The number of carboxylic acid groups (broad SMARTS) is 1. The molecule has 0 unspecified atom stereocenters. The van der Waals surface area contributed by atoms with E-state index in [1.54, 1.807) is 31.3 Å². The molecule has 1 aromatic carbocycles. The second kappa shape index (κ2) is 4.50. The van der Waals surface area contributed by atoms with Crippen molar-refractivity contribution in [1.82, 2.24) is 9.78 Å². The Labute approximate surface area is 110 Å². The Hall–Kier alpha value is -2.17. The van der Waals surface area contributed by atoms with Crippen LogP contribution >= 0.6 is 0 Å². The van der Waals surface area contributed by atoms with Crippen molar-refractivity contribution in [1.29, 1.82) is 0 Å². The van der Waals surface area contributed by atoms with Crippen molar-refractivity contribution in [3.05, 3.63) is 41.6 Å². The topological polar surface area (TPSA) is 55.1 Å². The van der Waals surface area contributed by atoms with Crippen LogP contribution in [0.5, 0.6) is 0 Å². The van der Waals surface area contributed by atoms with E-state index in [0.717, 1.165) is 0 Å². The fraction of sp³-hybridized carbons (Fsp3) is 0.286. The third-order valence-corrected chi connectivity index (χ3v) is 2.94. The summed E-state index contributed by atoms with van der Waals surface area (Å²) in [4.78, 5) is 10.9. The molecule has 0 aliphatic carbocycles. The third-order valence-electron chi connectivity index (χ3n) is 2.94. The lowest BCUT2D eigenvalue weighted by Crippen LogP contribution is -2.11. The molecule has 0 bridgehead atoms. The number of aryl methyl sites for hydroxylation is 1. The van der Waals surface area contributed by atoms with E-state index in [9.17, 15) is 9.18 Å². The molecule has 100 valence electrons. The van der Waals surface area contributed by atoms with Crippen LogP contribution in [0.25, 0.3) is 11.3 Å². The summed E-state index contributed by atoms with van der Waals surface area (Å²) in [7, 11) is 1.64. The van der Waals surface area contributed by atoms with Crippen LogP contribution in [0, 0.1) is 0 Å². The van der Waals surface area contributed by atoms with Gasteiger partial charge < -0.3 is 5.11 Å². The summed E-state index contributed by atoms with van der Waals surface area (Å²) in [6.07, 6.45) is 0. The highest BCUT2D eigenvalue weighted by Gasteiger charge is 2.24. The minimum Gasteiger partial charge on any atom is -0.476 e. The molecule has 0 fully saturated rings. The molecule has 0 atom stereocenters. The fourth-order valence-electron chi connectivity index (χ4n) is 2.05. The summed E-state index contributed by atoms with van der Waals surface area (Å²) in [5.74, 6) is -1.10. The lowest BCUT2D eigenvalue weighted by Gasteiger charge is -2.19. The lowest BCUT2D eigenvalue weighted by atomic mass is 9.93. The number of nitrogens with zero attached hydrogens (tertiary/aromatic N) is 2. The monoisotopic (exact) mass is 262 g/mol. The maximum atomic E-state index is 14.2. The Kier molecular flexibility index (Phi) is 3.14. The molecule has 0 amide bonds. The number of hydrogen-bond acceptors (Lipinski definition) is 2. The Morgan fingerprint density at radius 3 is 2.53 bits per heavy atom. The number of hydrogen-bond donors (Lipinski definition) is 1. The molecule has 0 radical (unpaired) electrons. The average Bonchev–Trinajstić information content (AvgIpc) is 2.70. The Morgan fingerprint density at radius 2 is 2.00 bits per heavy atom. The van der Waals surface area contributed by atoms with Crippen molar-refractivity contribution in [2.75, 3.05) is 0 Å². The van der Waals surface area contributed by atoms with E-state index in [-0.39, 0.29) is 5.69 Å². The molecule has 0 saturated heterocycles. The molecular weight excluding hydrogens is 247 g/mol. The highest BCUT2D eigenvalue weighted by atomic mass is 19.1. The van der Waals surface area contributed by atoms with Gasteiger partial charge in [0, 0.05) is 12.6 Å². The molecule has 0 saturated carbocycles.